The summed E-state index contributed by atoms with van der Waals surface area (Å²) in [6.45, 7) is -3.38. The van der Waals surface area contributed by atoms with Crippen LogP contribution in [0.2, 0.25) is 0 Å². The number of nitrogens with two attached hydrogens (primary N) is 2. The van der Waals surface area contributed by atoms with Gasteiger partial charge in [-0.25, -0.2) is 0 Å². The van der Waals surface area contributed by atoms with Gasteiger partial charge in [0, 0.05) is 45.4 Å². The van der Waals surface area contributed by atoms with Crippen molar-refractivity contribution in [3.05, 3.63) is 0 Å². The number of carbonyl (C=O) groups excluding carboxylic acids is 7. The molecule has 0 saturated carbocycles. The maximum Gasteiger partial charge on any atom is 0.242 e. The number of amides is 7. The van der Waals surface area contributed by atoms with Crippen molar-refractivity contribution in [2.45, 2.75) is 174 Å². The summed E-state index contributed by atoms with van der Waals surface area (Å²) in [5.41, 5.74) is 10.5. The van der Waals surface area contributed by atoms with E-state index in [2.05, 4.69) is 26.6 Å². The fraction of sp³-hybridized carbons (Fsp3) is 0.851. The summed E-state index contributed by atoms with van der Waals surface area (Å²) in [4.78, 5) is 88.6. The largest absolute Gasteiger partial charge is 0.394 e. The van der Waals surface area contributed by atoms with Crippen LogP contribution in [-0.2, 0) is 71.5 Å². The minimum absolute atomic E-state index is 0.00794. The molecule has 22 N–H and O–H groups in total. The van der Waals surface area contributed by atoms with E-state index in [0.29, 0.717) is 0 Å². The second-order valence-corrected chi connectivity index (χ2v) is 20.1. The smallest absolute Gasteiger partial charge is 0.242 e. The molecule has 478 valence electrons. The Labute approximate surface area is 474 Å². The summed E-state index contributed by atoms with van der Waals surface area (Å²) in [6, 6.07) is -1.37. The zero-order valence-corrected chi connectivity index (χ0v) is 45.4. The van der Waals surface area contributed by atoms with E-state index in [0.717, 1.165) is 4.90 Å². The molecule has 83 heavy (non-hydrogen) atoms. The summed E-state index contributed by atoms with van der Waals surface area (Å²) in [5.74, 6) is -4.95. The zero-order chi connectivity index (χ0) is 61.7. The maximum absolute atomic E-state index is 13.4. The number of nitrogens with one attached hydrogen (secondary N) is 5. The lowest BCUT2D eigenvalue weighted by molar-refractivity contribution is -0.366. The lowest BCUT2D eigenvalue weighted by Gasteiger charge is -2.46. The molecule has 36 nitrogen and oxygen atoms in total. The highest BCUT2D eigenvalue weighted by molar-refractivity contribution is 5.89. The number of hydrogen-bond acceptors (Lipinski definition) is 29. The van der Waals surface area contributed by atoms with E-state index in [1.165, 1.54) is 6.92 Å². The molecule has 0 radical (unpaired) electrons. The van der Waals surface area contributed by atoms with Gasteiger partial charge in [0.05, 0.1) is 58.8 Å². The third-order valence-corrected chi connectivity index (χ3v) is 13.5. The monoisotopic (exact) mass is 1210 g/mol. The molecule has 1 unspecified atom stereocenters. The van der Waals surface area contributed by atoms with Gasteiger partial charge in [0.1, 0.15) is 97.6 Å². The van der Waals surface area contributed by atoms with Gasteiger partial charge in [0.2, 0.25) is 41.4 Å². The molecule has 7 amide bonds. The summed E-state index contributed by atoms with van der Waals surface area (Å²) >= 11 is 0. The average Bonchev–Trinajstić information content (AvgIpc) is 3.25. The third-order valence-electron chi connectivity index (χ3n) is 13.5. The van der Waals surface area contributed by atoms with Crippen LogP contribution < -0.4 is 38.1 Å². The highest BCUT2D eigenvalue weighted by atomic mass is 16.8. The summed E-state index contributed by atoms with van der Waals surface area (Å²) < 4.78 is 44.0. The first kappa shape index (κ1) is 70.9. The van der Waals surface area contributed by atoms with E-state index in [-0.39, 0.29) is 71.3 Å². The van der Waals surface area contributed by atoms with Crippen LogP contribution in [0.4, 0.5) is 0 Å². The Morgan fingerprint density at radius 2 is 0.928 bits per heavy atom. The first-order valence-corrected chi connectivity index (χ1v) is 26.8. The SMILES string of the molecule is C[C@@H]1OC(OCCNC(=O)CCCNC(=O)CC[C@H](NC(=O)CN(CC(N)=O)CC(N)=O)C(=O)NCCCC(=O)NCCO[C@H]2O[C@H](CO[C@H]3O[C@H](CO)[C@@H](O)[C@H](O)[C@@H]3O)[C@@H](O)[C@H](O[C@H]3O[C@H](CO)[C@@H](O)[C@H](O)[C@@H]3O)[C@@H]2O)[C@@H](O)[C@H](O)[C@@H]1O. The second kappa shape index (κ2) is 35.1. The Kier molecular flexibility index (Phi) is 30.0. The Morgan fingerprint density at radius 3 is 1.46 bits per heavy atom. The molecule has 0 aromatic carbocycles. The molecule has 0 spiro atoms. The number of aliphatic hydroxyl groups excluding tert-OH is 13. The molecule has 4 rings (SSSR count). The molecule has 36 heteroatoms. The van der Waals surface area contributed by atoms with Gasteiger partial charge >= 0.3 is 0 Å². The second-order valence-electron chi connectivity index (χ2n) is 20.1. The predicted molar refractivity (Wildman–Crippen MR) is 270 cm³/mol. The molecular weight excluding hydrogens is 1120 g/mol. The standard InChI is InChI=1S/C47H82N8O28/c1-20-31(64)35(68)38(71)44(79-20)76-12-10-51-27(60)4-2-8-50-29(62)7-6-21(54-30(63)16-55(14-25(48)58)15-26(49)59)43(75)53-9-3-5-28(61)52-11-13-77-46-41(74)42(83-47-40(73)37(70)33(66)23(18-57)81-47)34(67)24(82-46)19-78-45-39(72)36(69)32(65)22(17-56)80-45/h20-24,31-42,44-47,56-57,64-74H,2-19H2,1H3,(H2,48,58)(H2,49,59)(H,50,62)(H,51,60)(H,52,61)(H,53,75)(H,54,63)/t20-,21-,22+,23+,24+,31+,32+,33+,34+,35+,36-,37-,38-,39-,40-,41-,42-,44?,45-,46-,47+/m0/s1. The maximum atomic E-state index is 13.4. The molecule has 0 aromatic heterocycles. The van der Waals surface area contributed by atoms with Gasteiger partial charge in [0.15, 0.2) is 25.2 Å². The molecular formula is C47H82N8O28. The topological polar surface area (TPSA) is 572 Å². The van der Waals surface area contributed by atoms with Crippen LogP contribution in [0.15, 0.2) is 0 Å². The molecule has 21 atom stereocenters. The van der Waals surface area contributed by atoms with Crippen LogP contribution in [0, 0.1) is 0 Å². The third kappa shape index (κ3) is 22.0. The Balaban J connectivity index is 1.26. The summed E-state index contributed by atoms with van der Waals surface area (Å²) in [7, 11) is 0. The van der Waals surface area contributed by atoms with Gasteiger partial charge in [-0.3, -0.25) is 38.5 Å². The first-order valence-electron chi connectivity index (χ1n) is 26.8. The van der Waals surface area contributed by atoms with Crippen molar-refractivity contribution in [1.29, 1.82) is 0 Å². The van der Waals surface area contributed by atoms with E-state index >= 15 is 0 Å². The van der Waals surface area contributed by atoms with E-state index in [4.69, 9.17) is 49.4 Å². The number of nitrogens with zero attached hydrogens (tertiary/aromatic N) is 1. The number of aliphatic hydroxyl groups is 13. The van der Waals surface area contributed by atoms with Crippen molar-refractivity contribution in [2.75, 3.05) is 78.8 Å². The number of ether oxygens (including phenoxy) is 8. The fourth-order valence-electron chi connectivity index (χ4n) is 8.87. The van der Waals surface area contributed by atoms with Crippen LogP contribution in [-0.4, -0.2) is 320 Å². The molecule has 4 aliphatic rings. The Hall–Kier alpha value is -4.59. The zero-order valence-electron chi connectivity index (χ0n) is 45.4. The quantitative estimate of drug-likeness (QED) is 0.0266. The highest BCUT2D eigenvalue weighted by Crippen LogP contribution is 2.31. The Bertz CT molecular complexity index is 2040. The van der Waals surface area contributed by atoms with Crippen molar-refractivity contribution in [3.8, 4) is 0 Å². The van der Waals surface area contributed by atoms with Gasteiger partial charge in [-0.1, -0.05) is 0 Å². The number of carbonyl (C=O) groups is 7. The molecule has 4 aliphatic heterocycles. The minimum atomic E-state index is -1.98. The van der Waals surface area contributed by atoms with Gasteiger partial charge in [-0.2, -0.15) is 0 Å². The molecule has 4 fully saturated rings. The van der Waals surface area contributed by atoms with Gasteiger partial charge in [-0.05, 0) is 26.2 Å². The molecule has 4 saturated heterocycles. The molecule has 0 bridgehead atoms. The van der Waals surface area contributed by atoms with E-state index < -0.39 is 216 Å². The van der Waals surface area contributed by atoms with Crippen molar-refractivity contribution in [1.82, 2.24) is 31.5 Å². The number of hydrogen-bond donors (Lipinski definition) is 20. The van der Waals surface area contributed by atoms with Gasteiger partial charge in [0.25, 0.3) is 0 Å². The molecule has 0 aliphatic carbocycles. The molecule has 0 aromatic rings. The van der Waals surface area contributed by atoms with Crippen molar-refractivity contribution >= 4 is 41.4 Å². The van der Waals surface area contributed by atoms with E-state index in [1.807, 2.05) is 0 Å². The van der Waals surface area contributed by atoms with Crippen LogP contribution >= 0.6 is 0 Å². The number of rotatable bonds is 34. The van der Waals surface area contributed by atoms with Crippen LogP contribution in [0.3, 0.4) is 0 Å². The van der Waals surface area contributed by atoms with Crippen LogP contribution in [0.5, 0.6) is 0 Å². The highest BCUT2D eigenvalue weighted by Gasteiger charge is 2.52. The van der Waals surface area contributed by atoms with Gasteiger partial charge in [-0.15, -0.1) is 0 Å². The molecule has 4 heterocycles. The predicted octanol–water partition coefficient (Wildman–Crippen LogP) is -13.1. The lowest BCUT2D eigenvalue weighted by atomic mass is 9.96. The fourth-order valence-corrected chi connectivity index (χ4v) is 8.87. The van der Waals surface area contributed by atoms with Gasteiger partial charge < -0.3 is 142 Å². The minimum Gasteiger partial charge on any atom is -0.394 e. The van der Waals surface area contributed by atoms with Crippen LogP contribution in [0.1, 0.15) is 45.4 Å². The van der Waals surface area contributed by atoms with Crippen LogP contribution in [0.25, 0.3) is 0 Å². The van der Waals surface area contributed by atoms with Crippen molar-refractivity contribution < 1.29 is 138 Å². The first-order chi connectivity index (χ1) is 39.3. The average molecular weight is 1210 g/mol. The normalized spacial score (nSPS) is 34.1. The van der Waals surface area contributed by atoms with Crippen molar-refractivity contribution in [2.24, 2.45) is 11.5 Å². The summed E-state index contributed by atoms with van der Waals surface area (Å²) in [5, 5.41) is 146. The number of primary amides is 2. The lowest BCUT2D eigenvalue weighted by Crippen LogP contribution is -2.65. The van der Waals surface area contributed by atoms with Crippen molar-refractivity contribution in [3.63, 3.8) is 0 Å². The Morgan fingerprint density at radius 1 is 0.482 bits per heavy atom. The summed E-state index contributed by atoms with van der Waals surface area (Å²) in [6.07, 6.45) is -33.4. The van der Waals surface area contributed by atoms with E-state index in [9.17, 15) is 99.9 Å². The van der Waals surface area contributed by atoms with E-state index in [1.54, 1.807) is 0 Å².